The largest absolute Gasteiger partial charge is 0.470 e. The molecule has 1 aliphatic rings. The number of Topliss-reactive ketones (excluding diaryl/α,β-unsaturated/α-hetero) is 1. The maximum Gasteiger partial charge on any atom is 0.347 e. The third-order valence-corrected chi connectivity index (χ3v) is 3.19. The van der Waals surface area contributed by atoms with E-state index in [0.29, 0.717) is 5.69 Å². The van der Waals surface area contributed by atoms with Crippen molar-refractivity contribution >= 4 is 28.3 Å². The molecule has 0 saturated heterocycles. The molecule has 0 aliphatic carbocycles. The summed E-state index contributed by atoms with van der Waals surface area (Å²) in [6.07, 6.45) is 1.72. The fraction of sp³-hybridized carbons (Fsp3) is 0.188. The quantitative estimate of drug-likeness (QED) is 0.687. The van der Waals surface area contributed by atoms with E-state index in [9.17, 15) is 9.59 Å². The van der Waals surface area contributed by atoms with Crippen LogP contribution in [0, 0.1) is 0 Å². The van der Waals surface area contributed by atoms with E-state index in [4.69, 9.17) is 9.47 Å². The number of nitrogens with one attached hydrogen (secondary N) is 1. The molecule has 1 aromatic carbocycles. The van der Waals surface area contributed by atoms with E-state index in [0.717, 1.165) is 10.9 Å². The zero-order valence-corrected chi connectivity index (χ0v) is 12.0. The number of ether oxygens (including phenoxy) is 2. The molecule has 6 heteroatoms. The van der Waals surface area contributed by atoms with Crippen molar-refractivity contribution in [2.45, 2.75) is 6.92 Å². The van der Waals surface area contributed by atoms with E-state index in [1.54, 1.807) is 19.2 Å². The molecule has 0 fully saturated rings. The van der Waals surface area contributed by atoms with Gasteiger partial charge in [0.25, 0.3) is 0 Å². The fourth-order valence-corrected chi connectivity index (χ4v) is 2.20. The normalized spacial score (nSPS) is 14.1. The van der Waals surface area contributed by atoms with Crippen molar-refractivity contribution in [2.24, 2.45) is 0 Å². The second-order valence-corrected chi connectivity index (χ2v) is 4.67. The number of nitrogens with zero attached hydrogens (tertiary/aromatic N) is 1. The number of hydrogen-bond acceptors (Lipinski definition) is 6. The molecule has 0 atom stereocenters. The average Bonchev–Trinajstić information content (AvgIpc) is 2.88. The average molecular weight is 298 g/mol. The number of aromatic nitrogens is 1. The van der Waals surface area contributed by atoms with E-state index in [1.807, 2.05) is 24.3 Å². The summed E-state index contributed by atoms with van der Waals surface area (Å²) < 4.78 is 10.2. The molecule has 0 saturated carbocycles. The lowest BCUT2D eigenvalue weighted by atomic mass is 10.2. The molecule has 1 aromatic heterocycles. The Balaban J connectivity index is 1.91. The number of pyridine rings is 1. The second kappa shape index (κ2) is 5.85. The highest BCUT2D eigenvalue weighted by atomic mass is 16.5. The molecule has 6 nitrogen and oxygen atoms in total. The van der Waals surface area contributed by atoms with E-state index in [1.165, 1.54) is 0 Å². The minimum absolute atomic E-state index is 0.0758. The number of fused-ring (bicyclic) bond motifs is 1. The molecule has 0 radical (unpaired) electrons. The van der Waals surface area contributed by atoms with Crippen LogP contribution in [0.5, 0.6) is 0 Å². The molecule has 0 amide bonds. The van der Waals surface area contributed by atoms with Crippen LogP contribution in [-0.4, -0.2) is 30.0 Å². The van der Waals surface area contributed by atoms with Gasteiger partial charge in [0.2, 0.25) is 11.7 Å². The smallest absolute Gasteiger partial charge is 0.347 e. The van der Waals surface area contributed by atoms with E-state index < -0.39 is 5.97 Å². The SMILES string of the molecule is CCOC(=O)C1=C(Nc2ccc3ncccc3c2)OCC1=O. The molecule has 22 heavy (non-hydrogen) atoms. The van der Waals surface area contributed by atoms with Crippen LogP contribution in [0.3, 0.4) is 0 Å². The molecule has 0 bridgehead atoms. The zero-order chi connectivity index (χ0) is 15.5. The highest BCUT2D eigenvalue weighted by molar-refractivity contribution is 6.19. The number of carbonyl (C=O) groups excluding carboxylic acids is 2. The van der Waals surface area contributed by atoms with Gasteiger partial charge in [-0.15, -0.1) is 0 Å². The van der Waals surface area contributed by atoms with Gasteiger partial charge in [-0.3, -0.25) is 9.78 Å². The van der Waals surface area contributed by atoms with Crippen LogP contribution in [0.1, 0.15) is 6.92 Å². The van der Waals surface area contributed by atoms with Crippen LogP contribution >= 0.6 is 0 Å². The second-order valence-electron chi connectivity index (χ2n) is 4.67. The van der Waals surface area contributed by atoms with E-state index in [2.05, 4.69) is 10.3 Å². The van der Waals surface area contributed by atoms with Crippen molar-refractivity contribution in [3.8, 4) is 0 Å². The summed E-state index contributed by atoms with van der Waals surface area (Å²) in [5.41, 5.74) is 1.48. The van der Waals surface area contributed by atoms with Crippen molar-refractivity contribution in [3.63, 3.8) is 0 Å². The minimum atomic E-state index is -0.671. The Morgan fingerprint density at radius 2 is 2.27 bits per heavy atom. The van der Waals surface area contributed by atoms with Crippen LogP contribution in [-0.2, 0) is 19.1 Å². The molecule has 2 heterocycles. The van der Waals surface area contributed by atoms with E-state index in [-0.39, 0.29) is 30.5 Å². The zero-order valence-electron chi connectivity index (χ0n) is 12.0. The molecular formula is C16H14N2O4. The first-order valence-electron chi connectivity index (χ1n) is 6.88. The molecule has 112 valence electrons. The first-order valence-corrected chi connectivity index (χ1v) is 6.88. The Kier molecular flexibility index (Phi) is 3.74. The Bertz CT molecular complexity index is 783. The molecular weight excluding hydrogens is 284 g/mol. The van der Waals surface area contributed by atoms with Crippen molar-refractivity contribution in [1.82, 2.24) is 4.98 Å². The van der Waals surface area contributed by atoms with Gasteiger partial charge in [0.05, 0.1) is 12.1 Å². The van der Waals surface area contributed by atoms with Gasteiger partial charge in [0.1, 0.15) is 0 Å². The van der Waals surface area contributed by atoms with Gasteiger partial charge >= 0.3 is 5.97 Å². The highest BCUT2D eigenvalue weighted by Crippen LogP contribution is 2.23. The van der Waals surface area contributed by atoms with Crippen LogP contribution in [0.25, 0.3) is 10.9 Å². The number of anilines is 1. The third-order valence-electron chi connectivity index (χ3n) is 3.19. The summed E-state index contributed by atoms with van der Waals surface area (Å²) in [6.45, 7) is 1.72. The first-order chi connectivity index (χ1) is 10.7. The molecule has 1 aliphatic heterocycles. The highest BCUT2D eigenvalue weighted by Gasteiger charge is 2.32. The minimum Gasteiger partial charge on any atom is -0.470 e. The van der Waals surface area contributed by atoms with Gasteiger partial charge in [-0.1, -0.05) is 6.07 Å². The summed E-state index contributed by atoms with van der Waals surface area (Å²) in [5, 5.41) is 3.90. The number of carbonyl (C=O) groups is 2. The molecule has 3 rings (SSSR count). The van der Waals surface area contributed by atoms with Crippen molar-refractivity contribution in [3.05, 3.63) is 48.0 Å². The van der Waals surface area contributed by atoms with Crippen LogP contribution in [0.4, 0.5) is 5.69 Å². The lowest BCUT2D eigenvalue weighted by Crippen LogP contribution is -2.16. The van der Waals surface area contributed by atoms with Gasteiger partial charge in [0, 0.05) is 17.3 Å². The fourth-order valence-electron chi connectivity index (χ4n) is 2.20. The third kappa shape index (κ3) is 2.63. The molecule has 2 aromatic rings. The maximum atomic E-state index is 11.8. The van der Waals surface area contributed by atoms with Crippen LogP contribution < -0.4 is 5.32 Å². The maximum absolute atomic E-state index is 11.8. The standard InChI is InChI=1S/C16H14N2O4/c1-2-21-16(20)14-13(19)9-22-15(14)18-11-5-6-12-10(8-11)4-3-7-17-12/h3-8,18H,2,9H2,1H3. The predicted molar refractivity (Wildman–Crippen MR) is 80.0 cm³/mol. The summed E-state index contributed by atoms with van der Waals surface area (Å²) in [4.78, 5) is 27.8. The van der Waals surface area contributed by atoms with Crippen molar-refractivity contribution < 1.29 is 19.1 Å². The molecule has 0 spiro atoms. The number of hydrogen-bond donors (Lipinski definition) is 1. The van der Waals surface area contributed by atoms with Crippen LogP contribution in [0.15, 0.2) is 48.0 Å². The number of ketones is 1. The molecule has 1 N–H and O–H groups in total. The Morgan fingerprint density at radius 3 is 3.09 bits per heavy atom. The van der Waals surface area contributed by atoms with Gasteiger partial charge in [0.15, 0.2) is 12.2 Å². The summed E-state index contributed by atoms with van der Waals surface area (Å²) in [5.74, 6) is -0.926. The summed E-state index contributed by atoms with van der Waals surface area (Å²) in [7, 11) is 0. The number of benzene rings is 1. The Morgan fingerprint density at radius 1 is 1.41 bits per heavy atom. The van der Waals surface area contributed by atoms with Gasteiger partial charge in [-0.2, -0.15) is 0 Å². The summed E-state index contributed by atoms with van der Waals surface area (Å²) >= 11 is 0. The van der Waals surface area contributed by atoms with Crippen molar-refractivity contribution in [2.75, 3.05) is 18.5 Å². The van der Waals surface area contributed by atoms with Gasteiger partial charge in [-0.25, -0.2) is 4.79 Å². The van der Waals surface area contributed by atoms with Crippen molar-refractivity contribution in [1.29, 1.82) is 0 Å². The predicted octanol–water partition coefficient (Wildman–Crippen LogP) is 2.02. The Hall–Kier alpha value is -2.89. The Labute approximate surface area is 126 Å². The number of esters is 1. The van der Waals surface area contributed by atoms with Gasteiger partial charge < -0.3 is 14.8 Å². The van der Waals surface area contributed by atoms with Crippen LogP contribution in [0.2, 0.25) is 0 Å². The lowest BCUT2D eigenvalue weighted by molar-refractivity contribution is -0.139. The summed E-state index contributed by atoms with van der Waals surface area (Å²) in [6, 6.07) is 9.28. The van der Waals surface area contributed by atoms with Gasteiger partial charge in [-0.05, 0) is 31.2 Å². The van der Waals surface area contributed by atoms with E-state index >= 15 is 0 Å². The first kappa shape index (κ1) is 14.1. The topological polar surface area (TPSA) is 77.5 Å². The number of rotatable bonds is 4. The lowest BCUT2D eigenvalue weighted by Gasteiger charge is -2.09. The monoisotopic (exact) mass is 298 g/mol. The molecule has 0 unspecified atom stereocenters.